The van der Waals surface area contributed by atoms with E-state index < -0.39 is 17.8 Å². The van der Waals surface area contributed by atoms with Crippen LogP contribution in [0.1, 0.15) is 19.4 Å². The molecule has 4 amide bonds. The zero-order valence-corrected chi connectivity index (χ0v) is 19.4. The van der Waals surface area contributed by atoms with Crippen LogP contribution in [-0.2, 0) is 9.59 Å². The zero-order chi connectivity index (χ0) is 22.8. The molecule has 0 spiro atoms. The molecule has 32 heavy (non-hydrogen) atoms. The summed E-state index contributed by atoms with van der Waals surface area (Å²) in [5.41, 5.74) is 0.621. The van der Waals surface area contributed by atoms with Crippen molar-refractivity contribution in [2.45, 2.75) is 13.8 Å². The SMILES string of the molecule is CCOc1cc(/C=C2\C(=O)NC(=O)N(c3ccc4c(c3)OCO4)C2=O)cc(I)c1OCC. The van der Waals surface area contributed by atoms with Crippen molar-refractivity contribution < 1.29 is 33.3 Å². The Morgan fingerprint density at radius 1 is 1.06 bits per heavy atom. The molecule has 0 atom stereocenters. The quantitative estimate of drug-likeness (QED) is 0.334. The van der Waals surface area contributed by atoms with Gasteiger partial charge in [0.1, 0.15) is 5.57 Å². The number of anilines is 1. The number of ether oxygens (including phenoxy) is 4. The summed E-state index contributed by atoms with van der Waals surface area (Å²) >= 11 is 2.10. The topological polar surface area (TPSA) is 103 Å². The van der Waals surface area contributed by atoms with E-state index in [0.29, 0.717) is 41.8 Å². The third-order valence-electron chi connectivity index (χ3n) is 4.65. The first-order valence-electron chi connectivity index (χ1n) is 9.83. The Morgan fingerprint density at radius 2 is 1.81 bits per heavy atom. The number of imide groups is 2. The molecule has 2 heterocycles. The minimum atomic E-state index is -0.840. The van der Waals surface area contributed by atoms with Crippen LogP contribution >= 0.6 is 22.6 Å². The summed E-state index contributed by atoms with van der Waals surface area (Å²) in [7, 11) is 0. The maximum absolute atomic E-state index is 13.2. The number of amides is 4. The number of hydrogen-bond donors (Lipinski definition) is 1. The highest BCUT2D eigenvalue weighted by Gasteiger charge is 2.37. The molecule has 4 rings (SSSR count). The van der Waals surface area contributed by atoms with Crippen molar-refractivity contribution in [3.63, 3.8) is 0 Å². The third kappa shape index (κ3) is 4.09. The average Bonchev–Trinajstić information content (AvgIpc) is 3.22. The smallest absolute Gasteiger partial charge is 0.335 e. The Bertz CT molecular complexity index is 1150. The van der Waals surface area contributed by atoms with Gasteiger partial charge in [0.05, 0.1) is 22.5 Å². The normalized spacial score (nSPS) is 16.4. The van der Waals surface area contributed by atoms with Gasteiger partial charge in [-0.1, -0.05) is 0 Å². The highest BCUT2D eigenvalue weighted by Crippen LogP contribution is 2.37. The lowest BCUT2D eigenvalue weighted by Gasteiger charge is -2.26. The summed E-state index contributed by atoms with van der Waals surface area (Å²) in [4.78, 5) is 39.0. The van der Waals surface area contributed by atoms with Crippen LogP contribution in [0.25, 0.3) is 6.08 Å². The van der Waals surface area contributed by atoms with E-state index in [4.69, 9.17) is 18.9 Å². The molecule has 0 aliphatic carbocycles. The number of fused-ring (bicyclic) bond motifs is 1. The van der Waals surface area contributed by atoms with Crippen LogP contribution in [0.5, 0.6) is 23.0 Å². The van der Waals surface area contributed by atoms with E-state index >= 15 is 0 Å². The number of rotatable bonds is 6. The molecule has 1 fully saturated rings. The van der Waals surface area contributed by atoms with Crippen LogP contribution in [0.2, 0.25) is 0 Å². The number of carbonyl (C=O) groups is 3. The van der Waals surface area contributed by atoms with Crippen LogP contribution < -0.4 is 29.2 Å². The van der Waals surface area contributed by atoms with Gasteiger partial charge in [0.15, 0.2) is 23.0 Å². The summed E-state index contributed by atoms with van der Waals surface area (Å²) < 4.78 is 22.7. The number of hydrogen-bond acceptors (Lipinski definition) is 7. The van der Waals surface area contributed by atoms with Gasteiger partial charge >= 0.3 is 6.03 Å². The minimum absolute atomic E-state index is 0.0567. The fourth-order valence-electron chi connectivity index (χ4n) is 3.30. The molecule has 2 aliphatic rings. The number of carbonyl (C=O) groups excluding carboxylic acids is 3. The van der Waals surface area contributed by atoms with Crippen molar-refractivity contribution in [2.24, 2.45) is 0 Å². The Labute approximate surface area is 197 Å². The predicted octanol–water partition coefficient (Wildman–Crippen LogP) is 3.48. The van der Waals surface area contributed by atoms with E-state index in [-0.39, 0.29) is 18.1 Å². The minimum Gasteiger partial charge on any atom is -0.490 e. The molecule has 0 radical (unpaired) electrons. The summed E-state index contributed by atoms with van der Waals surface area (Å²) in [5, 5.41) is 2.21. The van der Waals surface area contributed by atoms with E-state index in [2.05, 4.69) is 27.9 Å². The van der Waals surface area contributed by atoms with Gasteiger partial charge in [0, 0.05) is 6.07 Å². The second-order valence-corrected chi connectivity index (χ2v) is 7.85. The maximum atomic E-state index is 13.2. The van der Waals surface area contributed by atoms with Crippen LogP contribution in [0.4, 0.5) is 10.5 Å². The first kappa shape index (κ1) is 21.9. The van der Waals surface area contributed by atoms with Gasteiger partial charge in [-0.05, 0) is 72.3 Å². The van der Waals surface area contributed by atoms with Crippen molar-refractivity contribution >= 4 is 52.2 Å². The summed E-state index contributed by atoms with van der Waals surface area (Å²) in [5.74, 6) is 0.485. The molecule has 10 heteroatoms. The first-order chi connectivity index (χ1) is 15.4. The number of halogens is 1. The zero-order valence-electron chi connectivity index (χ0n) is 17.3. The lowest BCUT2D eigenvalue weighted by Crippen LogP contribution is -2.54. The van der Waals surface area contributed by atoms with Crippen LogP contribution in [0.15, 0.2) is 35.9 Å². The molecule has 0 saturated carbocycles. The van der Waals surface area contributed by atoms with Crippen LogP contribution in [-0.4, -0.2) is 37.9 Å². The molecule has 0 bridgehead atoms. The van der Waals surface area contributed by atoms with Gasteiger partial charge < -0.3 is 18.9 Å². The molecule has 0 unspecified atom stereocenters. The predicted molar refractivity (Wildman–Crippen MR) is 123 cm³/mol. The monoisotopic (exact) mass is 550 g/mol. The molecule has 0 aromatic heterocycles. The lowest BCUT2D eigenvalue weighted by molar-refractivity contribution is -0.122. The molecule has 1 saturated heterocycles. The number of nitrogens with one attached hydrogen (secondary N) is 1. The number of benzene rings is 2. The molecule has 166 valence electrons. The van der Waals surface area contributed by atoms with Crippen molar-refractivity contribution in [3.05, 3.63) is 45.0 Å². The fourth-order valence-corrected chi connectivity index (χ4v) is 4.08. The summed E-state index contributed by atoms with van der Waals surface area (Å²) in [6, 6.07) is 7.27. The summed E-state index contributed by atoms with van der Waals surface area (Å²) in [6.07, 6.45) is 1.42. The fraction of sp³-hybridized carbons (Fsp3) is 0.227. The molecule has 1 N–H and O–H groups in total. The molecule has 2 aromatic carbocycles. The van der Waals surface area contributed by atoms with E-state index in [1.807, 2.05) is 13.8 Å². The van der Waals surface area contributed by atoms with Gasteiger partial charge in [-0.2, -0.15) is 0 Å². The van der Waals surface area contributed by atoms with Gasteiger partial charge in [-0.15, -0.1) is 0 Å². The molecular weight excluding hydrogens is 531 g/mol. The van der Waals surface area contributed by atoms with Gasteiger partial charge in [0.25, 0.3) is 11.8 Å². The van der Waals surface area contributed by atoms with Crippen molar-refractivity contribution in [2.75, 3.05) is 24.9 Å². The summed E-state index contributed by atoms with van der Waals surface area (Å²) in [6.45, 7) is 4.66. The largest absolute Gasteiger partial charge is 0.490 e. The van der Waals surface area contributed by atoms with E-state index in [1.165, 1.54) is 12.1 Å². The molecule has 2 aromatic rings. The maximum Gasteiger partial charge on any atom is 0.335 e. The number of barbiturate groups is 1. The average molecular weight is 550 g/mol. The number of nitrogens with zero attached hydrogens (tertiary/aromatic N) is 1. The third-order valence-corrected chi connectivity index (χ3v) is 5.45. The second kappa shape index (κ2) is 9.07. The number of urea groups is 1. The molecule has 9 nitrogen and oxygen atoms in total. The van der Waals surface area contributed by atoms with E-state index in [9.17, 15) is 14.4 Å². The van der Waals surface area contributed by atoms with E-state index in [0.717, 1.165) is 8.47 Å². The van der Waals surface area contributed by atoms with Crippen LogP contribution in [0, 0.1) is 3.57 Å². The first-order valence-corrected chi connectivity index (χ1v) is 10.9. The highest BCUT2D eigenvalue weighted by molar-refractivity contribution is 14.1. The lowest BCUT2D eigenvalue weighted by atomic mass is 10.1. The Kier molecular flexibility index (Phi) is 6.21. The Morgan fingerprint density at radius 3 is 2.56 bits per heavy atom. The molecular formula is C22H19IN2O7. The van der Waals surface area contributed by atoms with E-state index in [1.54, 1.807) is 24.3 Å². The standard InChI is InChI=1S/C22H19IN2O7/c1-3-29-18-9-12(8-15(23)19(18)30-4-2)7-14-20(26)24-22(28)25(21(14)27)13-5-6-16-17(10-13)32-11-31-16/h5-10H,3-4,11H2,1-2H3,(H,24,26,28)/b14-7+. The van der Waals surface area contributed by atoms with Crippen molar-refractivity contribution in [3.8, 4) is 23.0 Å². The van der Waals surface area contributed by atoms with Gasteiger partial charge in [-0.25, -0.2) is 9.69 Å². The van der Waals surface area contributed by atoms with Gasteiger partial charge in [0.2, 0.25) is 6.79 Å². The van der Waals surface area contributed by atoms with Crippen molar-refractivity contribution in [1.29, 1.82) is 0 Å². The molecule has 2 aliphatic heterocycles. The van der Waals surface area contributed by atoms with Crippen molar-refractivity contribution in [1.82, 2.24) is 5.32 Å². The Balaban J connectivity index is 1.72. The second-order valence-electron chi connectivity index (χ2n) is 6.69. The highest BCUT2D eigenvalue weighted by atomic mass is 127. The van der Waals surface area contributed by atoms with Gasteiger partial charge in [-0.3, -0.25) is 14.9 Å². The van der Waals surface area contributed by atoms with Crippen LogP contribution in [0.3, 0.4) is 0 Å². The Hall–Kier alpha value is -3.28.